The van der Waals surface area contributed by atoms with E-state index in [9.17, 15) is 9.59 Å². The largest absolute Gasteiger partial charge is 0.480 e. The SMILES string of the molecule is CCCC1CCN(C(=O)N[C@H](C(=O)O)C(C)C)CC1. The Morgan fingerprint density at radius 2 is 1.89 bits per heavy atom. The van der Waals surface area contributed by atoms with Gasteiger partial charge in [-0.25, -0.2) is 9.59 Å². The van der Waals surface area contributed by atoms with Crippen LogP contribution in [0.25, 0.3) is 0 Å². The minimum Gasteiger partial charge on any atom is -0.480 e. The highest BCUT2D eigenvalue weighted by Gasteiger charge is 2.28. The lowest BCUT2D eigenvalue weighted by Crippen LogP contribution is -2.51. The van der Waals surface area contributed by atoms with Gasteiger partial charge >= 0.3 is 12.0 Å². The van der Waals surface area contributed by atoms with E-state index in [2.05, 4.69) is 12.2 Å². The first-order chi connectivity index (χ1) is 8.95. The number of aliphatic carboxylic acids is 1. The molecular weight excluding hydrogens is 244 g/mol. The molecule has 1 saturated heterocycles. The first-order valence-corrected chi connectivity index (χ1v) is 7.24. The van der Waals surface area contributed by atoms with Gasteiger partial charge in [-0.1, -0.05) is 33.6 Å². The molecule has 0 radical (unpaired) electrons. The second kappa shape index (κ2) is 7.36. The number of urea groups is 1. The average Bonchev–Trinajstić information content (AvgIpc) is 2.36. The van der Waals surface area contributed by atoms with Gasteiger partial charge < -0.3 is 15.3 Å². The van der Waals surface area contributed by atoms with Gasteiger partial charge in [0.25, 0.3) is 0 Å². The maximum absolute atomic E-state index is 12.0. The summed E-state index contributed by atoms with van der Waals surface area (Å²) < 4.78 is 0. The fraction of sp³-hybridized carbons (Fsp3) is 0.857. The summed E-state index contributed by atoms with van der Waals surface area (Å²) in [5, 5.41) is 11.7. The Morgan fingerprint density at radius 3 is 2.32 bits per heavy atom. The lowest BCUT2D eigenvalue weighted by molar-refractivity contribution is -0.140. The minimum absolute atomic E-state index is 0.112. The average molecular weight is 270 g/mol. The predicted molar refractivity (Wildman–Crippen MR) is 74.0 cm³/mol. The van der Waals surface area contributed by atoms with Crippen LogP contribution in [0.5, 0.6) is 0 Å². The molecule has 2 amide bonds. The quantitative estimate of drug-likeness (QED) is 0.805. The van der Waals surface area contributed by atoms with E-state index < -0.39 is 12.0 Å². The number of hydrogen-bond donors (Lipinski definition) is 2. The molecule has 110 valence electrons. The van der Waals surface area contributed by atoms with E-state index in [4.69, 9.17) is 5.11 Å². The lowest BCUT2D eigenvalue weighted by Gasteiger charge is -2.33. The Labute approximate surface area is 115 Å². The number of amides is 2. The Kier molecular flexibility index (Phi) is 6.12. The topological polar surface area (TPSA) is 69.6 Å². The fourth-order valence-electron chi connectivity index (χ4n) is 2.57. The van der Waals surface area contributed by atoms with Gasteiger partial charge in [-0.05, 0) is 24.7 Å². The molecule has 1 rings (SSSR count). The van der Waals surface area contributed by atoms with Crippen LogP contribution in [0, 0.1) is 11.8 Å². The molecule has 1 fully saturated rings. The molecule has 1 atom stereocenters. The van der Waals surface area contributed by atoms with Crippen LogP contribution in [0.15, 0.2) is 0 Å². The minimum atomic E-state index is -0.968. The number of piperidine rings is 1. The highest BCUT2D eigenvalue weighted by atomic mass is 16.4. The maximum Gasteiger partial charge on any atom is 0.326 e. The third-order valence-electron chi connectivity index (χ3n) is 3.81. The fourth-order valence-corrected chi connectivity index (χ4v) is 2.57. The van der Waals surface area contributed by atoms with Crippen LogP contribution in [0.2, 0.25) is 0 Å². The molecule has 1 heterocycles. The first kappa shape index (κ1) is 15.8. The Bertz CT molecular complexity index is 310. The van der Waals surface area contributed by atoms with Crippen molar-refractivity contribution in [3.8, 4) is 0 Å². The summed E-state index contributed by atoms with van der Waals surface area (Å²) in [6.45, 7) is 7.25. The van der Waals surface area contributed by atoms with Gasteiger partial charge in [0.1, 0.15) is 6.04 Å². The van der Waals surface area contributed by atoms with Crippen LogP contribution in [-0.4, -0.2) is 41.1 Å². The zero-order valence-electron chi connectivity index (χ0n) is 12.2. The number of carbonyl (C=O) groups excluding carboxylic acids is 1. The first-order valence-electron chi connectivity index (χ1n) is 7.24. The number of carbonyl (C=O) groups is 2. The van der Waals surface area contributed by atoms with E-state index in [-0.39, 0.29) is 11.9 Å². The van der Waals surface area contributed by atoms with Crippen LogP contribution in [-0.2, 0) is 4.79 Å². The molecule has 0 spiro atoms. The van der Waals surface area contributed by atoms with Crippen LogP contribution in [0.3, 0.4) is 0 Å². The van der Waals surface area contributed by atoms with Crippen molar-refractivity contribution < 1.29 is 14.7 Å². The Balaban J connectivity index is 2.44. The van der Waals surface area contributed by atoms with Gasteiger partial charge in [0.15, 0.2) is 0 Å². The van der Waals surface area contributed by atoms with Gasteiger partial charge in [0, 0.05) is 13.1 Å². The van der Waals surface area contributed by atoms with Crippen LogP contribution >= 0.6 is 0 Å². The molecule has 5 nitrogen and oxygen atoms in total. The summed E-state index contributed by atoms with van der Waals surface area (Å²) in [7, 11) is 0. The van der Waals surface area contributed by atoms with E-state index in [1.807, 2.05) is 0 Å². The molecular formula is C14H26N2O3. The number of nitrogens with one attached hydrogen (secondary N) is 1. The molecule has 5 heteroatoms. The summed E-state index contributed by atoms with van der Waals surface area (Å²) in [4.78, 5) is 24.8. The van der Waals surface area contributed by atoms with Gasteiger partial charge in [-0.2, -0.15) is 0 Å². The van der Waals surface area contributed by atoms with E-state index in [1.54, 1.807) is 18.7 Å². The number of carboxylic acids is 1. The molecule has 0 unspecified atom stereocenters. The molecule has 0 aliphatic carbocycles. The number of rotatable bonds is 5. The van der Waals surface area contributed by atoms with Crippen molar-refractivity contribution in [1.29, 1.82) is 0 Å². The Hall–Kier alpha value is -1.26. The zero-order chi connectivity index (χ0) is 14.4. The standard InChI is InChI=1S/C14H26N2O3/c1-4-5-11-6-8-16(9-7-11)14(19)15-12(10(2)3)13(17)18/h10-12H,4-9H2,1-3H3,(H,15,19)(H,17,18)/t12-/m0/s1. The van der Waals surface area contributed by atoms with Gasteiger partial charge in [-0.3, -0.25) is 0 Å². The van der Waals surface area contributed by atoms with Crippen molar-refractivity contribution in [3.05, 3.63) is 0 Å². The highest BCUT2D eigenvalue weighted by Crippen LogP contribution is 2.21. The van der Waals surface area contributed by atoms with Gasteiger partial charge in [-0.15, -0.1) is 0 Å². The smallest absolute Gasteiger partial charge is 0.326 e. The van der Waals surface area contributed by atoms with E-state index in [0.29, 0.717) is 0 Å². The van der Waals surface area contributed by atoms with Crippen LogP contribution in [0.4, 0.5) is 4.79 Å². The molecule has 0 bridgehead atoms. The third kappa shape index (κ3) is 4.73. The number of likely N-dealkylation sites (tertiary alicyclic amines) is 1. The molecule has 0 aromatic heterocycles. The number of hydrogen-bond acceptors (Lipinski definition) is 2. The summed E-state index contributed by atoms with van der Waals surface area (Å²) in [6.07, 6.45) is 4.46. The molecule has 2 N–H and O–H groups in total. The number of nitrogens with zero attached hydrogens (tertiary/aromatic N) is 1. The second-order valence-corrected chi connectivity index (χ2v) is 5.73. The molecule has 19 heavy (non-hydrogen) atoms. The van der Waals surface area contributed by atoms with Crippen LogP contribution in [0.1, 0.15) is 46.5 Å². The van der Waals surface area contributed by atoms with E-state index >= 15 is 0 Å². The van der Waals surface area contributed by atoms with Crippen molar-refractivity contribution in [2.75, 3.05) is 13.1 Å². The monoisotopic (exact) mass is 270 g/mol. The predicted octanol–water partition coefficient (Wildman–Crippen LogP) is 2.32. The normalized spacial score (nSPS) is 18.4. The van der Waals surface area contributed by atoms with Crippen molar-refractivity contribution in [1.82, 2.24) is 10.2 Å². The van der Waals surface area contributed by atoms with Crippen molar-refractivity contribution in [2.45, 2.75) is 52.5 Å². The summed E-state index contributed by atoms with van der Waals surface area (Å²) in [5.41, 5.74) is 0. The maximum atomic E-state index is 12.0. The molecule has 0 aromatic rings. The molecule has 1 aliphatic rings. The lowest BCUT2D eigenvalue weighted by atomic mass is 9.93. The Morgan fingerprint density at radius 1 is 1.32 bits per heavy atom. The molecule has 0 aromatic carbocycles. The molecule has 1 aliphatic heterocycles. The highest BCUT2D eigenvalue weighted by molar-refractivity contribution is 5.82. The van der Waals surface area contributed by atoms with Crippen molar-refractivity contribution in [2.24, 2.45) is 11.8 Å². The number of carboxylic acid groups (broad SMARTS) is 1. The van der Waals surface area contributed by atoms with Crippen molar-refractivity contribution >= 4 is 12.0 Å². The van der Waals surface area contributed by atoms with Crippen molar-refractivity contribution in [3.63, 3.8) is 0 Å². The van der Waals surface area contributed by atoms with Gasteiger partial charge in [0.05, 0.1) is 0 Å². The zero-order valence-corrected chi connectivity index (χ0v) is 12.2. The third-order valence-corrected chi connectivity index (χ3v) is 3.81. The summed E-state index contributed by atoms with van der Waals surface area (Å²) in [5.74, 6) is -0.363. The molecule has 0 saturated carbocycles. The summed E-state index contributed by atoms with van der Waals surface area (Å²) in [6, 6.07) is -1.04. The van der Waals surface area contributed by atoms with Crippen LogP contribution < -0.4 is 5.32 Å². The van der Waals surface area contributed by atoms with E-state index in [1.165, 1.54) is 12.8 Å². The summed E-state index contributed by atoms with van der Waals surface area (Å²) >= 11 is 0. The van der Waals surface area contributed by atoms with Gasteiger partial charge in [0.2, 0.25) is 0 Å². The second-order valence-electron chi connectivity index (χ2n) is 5.73. The van der Waals surface area contributed by atoms with E-state index in [0.717, 1.165) is 31.8 Å².